The van der Waals surface area contributed by atoms with Gasteiger partial charge in [-0.1, -0.05) is 48.5 Å². The number of nitrogens with zero attached hydrogens (tertiary/aromatic N) is 5. The van der Waals surface area contributed by atoms with E-state index in [1.54, 1.807) is 4.90 Å². The number of carbonyl (C=O) groups is 1. The fourth-order valence-corrected chi connectivity index (χ4v) is 5.32. The van der Waals surface area contributed by atoms with Gasteiger partial charge in [-0.05, 0) is 54.8 Å². The third kappa shape index (κ3) is 5.18. The van der Waals surface area contributed by atoms with Gasteiger partial charge < -0.3 is 20.3 Å². The van der Waals surface area contributed by atoms with Gasteiger partial charge >= 0.3 is 6.09 Å². The number of rotatable bonds is 4. The molecular formula is C32H33N7O2. The Morgan fingerprint density at radius 2 is 1.59 bits per heavy atom. The molecule has 6 rings (SSSR count). The fraction of sp³-hybridized carbons (Fsp3) is 0.250. The van der Waals surface area contributed by atoms with Crippen molar-refractivity contribution in [2.75, 3.05) is 31.1 Å². The Bertz CT molecular complexity index is 1760. The highest BCUT2D eigenvalue weighted by Crippen LogP contribution is 2.33. The van der Waals surface area contributed by atoms with Crippen LogP contribution in [0.3, 0.4) is 0 Å². The Morgan fingerprint density at radius 3 is 2.27 bits per heavy atom. The topological polar surface area (TPSA) is 113 Å². The van der Waals surface area contributed by atoms with E-state index in [9.17, 15) is 4.79 Å². The van der Waals surface area contributed by atoms with Crippen molar-refractivity contribution in [1.82, 2.24) is 19.5 Å². The molecule has 208 valence electrons. The molecule has 0 atom stereocenters. The standard InChI is InChI=1S/C32H33N7O2/c1-32(2,3)41-31(40)38-16-14-37(15-17-38)23-10-8-21(9-11-23)22-18-35-30-28(19-36-39(30)20-22)26-12-13-27(29(33)34)25-7-5-4-6-24(25)26/h4-13,18-20H,14-17H2,1-3H3,(H3,33,34). The summed E-state index contributed by atoms with van der Waals surface area (Å²) < 4.78 is 7.32. The van der Waals surface area contributed by atoms with Crippen LogP contribution in [0.2, 0.25) is 0 Å². The summed E-state index contributed by atoms with van der Waals surface area (Å²) in [6.07, 6.45) is 5.45. The first-order chi connectivity index (χ1) is 19.7. The molecule has 1 amide bonds. The van der Waals surface area contributed by atoms with Crippen molar-refractivity contribution in [2.24, 2.45) is 5.73 Å². The number of aromatic nitrogens is 3. The maximum Gasteiger partial charge on any atom is 0.410 e. The molecule has 0 aliphatic carbocycles. The van der Waals surface area contributed by atoms with Crippen molar-refractivity contribution in [3.05, 3.63) is 84.8 Å². The number of nitrogen functional groups attached to an aromatic ring is 1. The number of carbonyl (C=O) groups excluding carboxylic acids is 1. The second-order valence-electron chi connectivity index (χ2n) is 11.3. The molecule has 1 saturated heterocycles. The summed E-state index contributed by atoms with van der Waals surface area (Å²) in [4.78, 5) is 21.2. The van der Waals surface area contributed by atoms with Crippen molar-refractivity contribution < 1.29 is 9.53 Å². The Kier molecular flexibility index (Phi) is 6.57. The maximum atomic E-state index is 12.4. The van der Waals surface area contributed by atoms with Gasteiger partial charge in [-0.2, -0.15) is 5.10 Å². The van der Waals surface area contributed by atoms with Crippen LogP contribution in [0, 0.1) is 5.41 Å². The molecule has 1 aliphatic rings. The van der Waals surface area contributed by atoms with Crippen molar-refractivity contribution in [3.8, 4) is 22.3 Å². The number of benzene rings is 3. The van der Waals surface area contributed by atoms with Gasteiger partial charge in [0.05, 0.1) is 6.20 Å². The SMILES string of the molecule is CC(C)(C)OC(=O)N1CCN(c2ccc(-c3cnc4c(-c5ccc(C(=N)N)c6ccccc56)cnn4c3)cc2)CC1. The Morgan fingerprint density at radius 1 is 0.878 bits per heavy atom. The lowest BCUT2D eigenvalue weighted by molar-refractivity contribution is 0.0240. The lowest BCUT2D eigenvalue weighted by Gasteiger charge is -2.36. The number of anilines is 1. The number of nitrogens with one attached hydrogen (secondary N) is 1. The molecule has 3 aromatic carbocycles. The van der Waals surface area contributed by atoms with E-state index in [1.165, 1.54) is 0 Å². The summed E-state index contributed by atoms with van der Waals surface area (Å²) >= 11 is 0. The summed E-state index contributed by atoms with van der Waals surface area (Å²) in [5.74, 6) is 0.0458. The van der Waals surface area contributed by atoms with E-state index in [0.29, 0.717) is 18.7 Å². The number of piperazine rings is 1. The molecule has 41 heavy (non-hydrogen) atoms. The van der Waals surface area contributed by atoms with Gasteiger partial charge in [0.2, 0.25) is 0 Å². The molecule has 0 saturated carbocycles. The zero-order valence-electron chi connectivity index (χ0n) is 23.5. The normalized spacial score (nSPS) is 14.0. The number of fused-ring (bicyclic) bond motifs is 2. The zero-order chi connectivity index (χ0) is 28.7. The second kappa shape index (κ2) is 10.2. The highest BCUT2D eigenvalue weighted by Gasteiger charge is 2.26. The minimum Gasteiger partial charge on any atom is -0.444 e. The Hall–Kier alpha value is -4.92. The van der Waals surface area contributed by atoms with Crippen LogP contribution in [0.1, 0.15) is 26.3 Å². The van der Waals surface area contributed by atoms with Crippen LogP contribution in [0.4, 0.5) is 10.5 Å². The Labute approximate surface area is 238 Å². The van der Waals surface area contributed by atoms with E-state index in [4.69, 9.17) is 20.9 Å². The van der Waals surface area contributed by atoms with Crippen molar-refractivity contribution in [3.63, 3.8) is 0 Å². The lowest BCUT2D eigenvalue weighted by atomic mass is 9.96. The van der Waals surface area contributed by atoms with E-state index in [2.05, 4.69) is 34.3 Å². The highest BCUT2D eigenvalue weighted by atomic mass is 16.6. The average molecular weight is 548 g/mol. The molecule has 0 radical (unpaired) electrons. The molecule has 1 fully saturated rings. The van der Waals surface area contributed by atoms with Gasteiger partial charge in [0.1, 0.15) is 11.4 Å². The third-order valence-electron chi connectivity index (χ3n) is 7.36. The van der Waals surface area contributed by atoms with Gasteiger partial charge in [0.25, 0.3) is 0 Å². The van der Waals surface area contributed by atoms with Crippen LogP contribution >= 0.6 is 0 Å². The predicted molar refractivity (Wildman–Crippen MR) is 162 cm³/mol. The summed E-state index contributed by atoms with van der Waals surface area (Å²) in [6, 6.07) is 20.2. The summed E-state index contributed by atoms with van der Waals surface area (Å²) in [5, 5.41) is 14.5. The van der Waals surface area contributed by atoms with Crippen molar-refractivity contribution in [1.29, 1.82) is 5.41 Å². The number of amides is 1. The smallest absolute Gasteiger partial charge is 0.410 e. The van der Waals surface area contributed by atoms with E-state index >= 15 is 0 Å². The minimum absolute atomic E-state index is 0.0458. The molecule has 5 aromatic rings. The van der Waals surface area contributed by atoms with Crippen LogP contribution in [-0.4, -0.2) is 63.2 Å². The quantitative estimate of drug-likeness (QED) is 0.225. The van der Waals surface area contributed by atoms with Crippen molar-refractivity contribution in [2.45, 2.75) is 26.4 Å². The fourth-order valence-electron chi connectivity index (χ4n) is 5.32. The zero-order valence-corrected chi connectivity index (χ0v) is 23.5. The average Bonchev–Trinajstić information content (AvgIpc) is 3.39. The molecule has 1 aliphatic heterocycles. The van der Waals surface area contributed by atoms with Crippen LogP contribution in [0.25, 0.3) is 38.7 Å². The van der Waals surface area contributed by atoms with Crippen LogP contribution in [0.5, 0.6) is 0 Å². The predicted octanol–water partition coefficient (Wildman–Crippen LogP) is 5.56. The van der Waals surface area contributed by atoms with Gasteiger partial charge in [-0.15, -0.1) is 0 Å². The minimum atomic E-state index is -0.490. The molecule has 2 aromatic heterocycles. The van der Waals surface area contributed by atoms with Gasteiger partial charge in [-0.25, -0.2) is 14.3 Å². The first-order valence-electron chi connectivity index (χ1n) is 13.7. The monoisotopic (exact) mass is 547 g/mol. The summed E-state index contributed by atoms with van der Waals surface area (Å²) in [7, 11) is 0. The van der Waals surface area contributed by atoms with E-state index in [1.807, 2.05) is 80.3 Å². The number of ether oxygens (including phenoxy) is 1. The molecule has 9 nitrogen and oxygen atoms in total. The molecular weight excluding hydrogens is 514 g/mol. The summed E-state index contributed by atoms with van der Waals surface area (Å²) in [6.45, 7) is 8.43. The first-order valence-corrected chi connectivity index (χ1v) is 13.7. The number of hydrogen-bond acceptors (Lipinski definition) is 6. The van der Waals surface area contributed by atoms with Crippen LogP contribution in [0.15, 0.2) is 79.3 Å². The molecule has 3 N–H and O–H groups in total. The molecule has 0 spiro atoms. The van der Waals surface area contributed by atoms with Crippen LogP contribution in [-0.2, 0) is 4.74 Å². The maximum absolute atomic E-state index is 12.4. The first kappa shape index (κ1) is 26.3. The summed E-state index contributed by atoms with van der Waals surface area (Å²) in [5.41, 5.74) is 11.9. The number of nitrogens with two attached hydrogens (primary N) is 1. The highest BCUT2D eigenvalue weighted by molar-refractivity contribution is 6.12. The molecule has 0 bridgehead atoms. The van der Waals surface area contributed by atoms with E-state index in [-0.39, 0.29) is 11.9 Å². The second-order valence-corrected chi connectivity index (χ2v) is 11.3. The van der Waals surface area contributed by atoms with E-state index < -0.39 is 5.60 Å². The third-order valence-corrected chi connectivity index (χ3v) is 7.36. The van der Waals surface area contributed by atoms with Gasteiger partial charge in [0, 0.05) is 61.0 Å². The Balaban J connectivity index is 1.21. The molecule has 3 heterocycles. The lowest BCUT2D eigenvalue weighted by Crippen LogP contribution is -2.50. The van der Waals surface area contributed by atoms with Crippen molar-refractivity contribution >= 4 is 34.0 Å². The van der Waals surface area contributed by atoms with Gasteiger partial charge in [0.15, 0.2) is 5.65 Å². The largest absolute Gasteiger partial charge is 0.444 e. The van der Waals surface area contributed by atoms with Crippen LogP contribution < -0.4 is 10.6 Å². The van der Waals surface area contributed by atoms with E-state index in [0.717, 1.165) is 57.5 Å². The number of amidine groups is 1. The number of hydrogen-bond donors (Lipinski definition) is 2. The molecule has 9 heteroatoms. The molecule has 0 unspecified atom stereocenters. The van der Waals surface area contributed by atoms with Gasteiger partial charge in [-0.3, -0.25) is 5.41 Å².